The van der Waals surface area contributed by atoms with Gasteiger partial charge < -0.3 is 9.47 Å². The van der Waals surface area contributed by atoms with Gasteiger partial charge in [-0.2, -0.15) is 5.26 Å². The van der Waals surface area contributed by atoms with Crippen molar-refractivity contribution < 1.29 is 13.9 Å². The summed E-state index contributed by atoms with van der Waals surface area (Å²) >= 11 is 0. The average Bonchev–Trinajstić information content (AvgIpc) is 2.85. The molecular weight excluding hydrogens is 417 g/mol. The molecule has 1 aliphatic rings. The lowest BCUT2D eigenvalue weighted by Crippen LogP contribution is -2.46. The molecule has 5 nitrogen and oxygen atoms in total. The van der Waals surface area contributed by atoms with Gasteiger partial charge in [0.15, 0.2) is 0 Å². The number of nitriles is 1. The maximum atomic E-state index is 14.6. The van der Waals surface area contributed by atoms with Crippen molar-refractivity contribution in [1.29, 1.82) is 5.26 Å². The molecule has 0 spiro atoms. The number of hydrogen-bond donors (Lipinski definition) is 0. The number of benzene rings is 3. The topological polar surface area (TPSA) is 48.7 Å². The van der Waals surface area contributed by atoms with Crippen LogP contribution < -0.4 is 9.47 Å². The van der Waals surface area contributed by atoms with Crippen molar-refractivity contribution in [2.24, 2.45) is 0 Å². The molecule has 0 atom stereocenters. The first-order chi connectivity index (χ1) is 16.1. The van der Waals surface area contributed by atoms with Crippen LogP contribution in [0.15, 0.2) is 66.7 Å². The van der Waals surface area contributed by atoms with Crippen LogP contribution in [0.1, 0.15) is 34.8 Å². The minimum absolute atomic E-state index is 0.0676. The quantitative estimate of drug-likeness (QED) is 0.505. The lowest BCUT2D eigenvalue weighted by Gasteiger charge is -2.44. The molecule has 1 fully saturated rings. The Bertz CT molecular complexity index is 1050. The fourth-order valence-electron chi connectivity index (χ4n) is 4.42. The third kappa shape index (κ3) is 5.33. The van der Waals surface area contributed by atoms with Crippen LogP contribution in [0.5, 0.6) is 11.5 Å². The van der Waals surface area contributed by atoms with Crippen LogP contribution in [0.3, 0.4) is 0 Å². The van der Waals surface area contributed by atoms with E-state index >= 15 is 0 Å². The predicted molar refractivity (Wildman–Crippen MR) is 125 cm³/mol. The van der Waals surface area contributed by atoms with E-state index in [0.29, 0.717) is 0 Å². The number of halogens is 1. The number of ether oxygens (including phenoxy) is 2. The summed E-state index contributed by atoms with van der Waals surface area (Å²) in [6.45, 7) is 3.26. The monoisotopic (exact) mass is 445 g/mol. The van der Waals surface area contributed by atoms with Crippen molar-refractivity contribution in [3.05, 3.63) is 94.8 Å². The molecule has 0 amide bonds. The molecule has 0 radical (unpaired) electrons. The van der Waals surface area contributed by atoms with E-state index < -0.39 is 5.82 Å². The summed E-state index contributed by atoms with van der Waals surface area (Å²) in [5.41, 5.74) is 3.26. The van der Waals surface area contributed by atoms with Crippen molar-refractivity contribution in [1.82, 2.24) is 9.80 Å². The molecule has 1 saturated heterocycles. The van der Waals surface area contributed by atoms with Crippen molar-refractivity contribution in [3.63, 3.8) is 0 Å². The molecule has 33 heavy (non-hydrogen) atoms. The van der Waals surface area contributed by atoms with Gasteiger partial charge in [0.25, 0.3) is 0 Å². The maximum Gasteiger partial charge on any atom is 0.141 e. The molecule has 3 aromatic carbocycles. The Morgan fingerprint density at radius 2 is 1.36 bits per heavy atom. The molecule has 0 aliphatic carbocycles. The second-order valence-corrected chi connectivity index (χ2v) is 8.22. The molecule has 3 aromatic rings. The highest BCUT2D eigenvalue weighted by molar-refractivity contribution is 5.35. The summed E-state index contributed by atoms with van der Waals surface area (Å²) in [4.78, 5) is 4.74. The first-order valence-electron chi connectivity index (χ1n) is 11.0. The normalized spacial score (nSPS) is 15.2. The van der Waals surface area contributed by atoms with Crippen LogP contribution in [0, 0.1) is 17.1 Å². The Labute approximate surface area is 194 Å². The molecule has 0 N–H and O–H groups in total. The van der Waals surface area contributed by atoms with Crippen LogP contribution in [0.4, 0.5) is 4.39 Å². The SMILES string of the molecule is COc1ccc(CN2CCCN(Cc3ccc(OC)cc3)C2c2ccc(C#N)c(F)c2)cc1. The zero-order chi connectivity index (χ0) is 23.2. The number of nitrogens with zero attached hydrogens (tertiary/aromatic N) is 3. The summed E-state index contributed by atoms with van der Waals surface area (Å²) in [5.74, 6) is 1.17. The molecule has 4 rings (SSSR count). The summed E-state index contributed by atoms with van der Waals surface area (Å²) in [6.07, 6.45) is 0.909. The van der Waals surface area contributed by atoms with Gasteiger partial charge >= 0.3 is 0 Å². The van der Waals surface area contributed by atoms with E-state index in [4.69, 9.17) is 14.7 Å². The van der Waals surface area contributed by atoms with Crippen LogP contribution in [0.2, 0.25) is 0 Å². The Hall–Kier alpha value is -3.40. The summed E-state index contributed by atoms with van der Waals surface area (Å²) in [7, 11) is 3.32. The highest BCUT2D eigenvalue weighted by atomic mass is 19.1. The highest BCUT2D eigenvalue weighted by Gasteiger charge is 2.31. The second kappa shape index (κ2) is 10.5. The third-order valence-corrected chi connectivity index (χ3v) is 6.08. The van der Waals surface area contributed by atoms with Crippen molar-refractivity contribution >= 4 is 0 Å². The van der Waals surface area contributed by atoms with Gasteiger partial charge in [0.2, 0.25) is 0 Å². The predicted octanol–water partition coefficient (Wildman–Crippen LogP) is 5.12. The number of hydrogen-bond acceptors (Lipinski definition) is 5. The Balaban J connectivity index is 1.64. The van der Waals surface area contributed by atoms with E-state index in [2.05, 4.69) is 34.1 Å². The van der Waals surface area contributed by atoms with E-state index in [-0.39, 0.29) is 11.7 Å². The Kier molecular flexibility index (Phi) is 7.23. The first-order valence-corrected chi connectivity index (χ1v) is 11.0. The summed E-state index contributed by atoms with van der Waals surface area (Å²) < 4.78 is 25.2. The summed E-state index contributed by atoms with van der Waals surface area (Å²) in [6, 6.07) is 23.0. The lowest BCUT2D eigenvalue weighted by atomic mass is 10.0. The van der Waals surface area contributed by atoms with Gasteiger partial charge in [-0.3, -0.25) is 9.80 Å². The molecule has 1 aliphatic heterocycles. The van der Waals surface area contributed by atoms with Gasteiger partial charge in [-0.1, -0.05) is 30.3 Å². The smallest absolute Gasteiger partial charge is 0.141 e. The molecule has 0 bridgehead atoms. The van der Waals surface area contributed by atoms with E-state index in [1.807, 2.05) is 36.4 Å². The number of methoxy groups -OCH3 is 2. The molecule has 170 valence electrons. The van der Waals surface area contributed by atoms with Gasteiger partial charge in [0.05, 0.1) is 25.9 Å². The minimum Gasteiger partial charge on any atom is -0.497 e. The van der Waals surface area contributed by atoms with Crippen LogP contribution in [-0.2, 0) is 13.1 Å². The van der Waals surface area contributed by atoms with Gasteiger partial charge in [-0.15, -0.1) is 0 Å². The lowest BCUT2D eigenvalue weighted by molar-refractivity contribution is -0.00925. The fraction of sp³-hybridized carbons (Fsp3) is 0.296. The van der Waals surface area contributed by atoms with E-state index in [9.17, 15) is 4.39 Å². The van der Waals surface area contributed by atoms with Gasteiger partial charge in [0.1, 0.15) is 23.4 Å². The Morgan fingerprint density at radius 3 is 1.79 bits per heavy atom. The molecule has 0 saturated carbocycles. The molecule has 6 heteroatoms. The van der Waals surface area contributed by atoms with Crippen LogP contribution in [-0.4, -0.2) is 37.1 Å². The van der Waals surface area contributed by atoms with Crippen molar-refractivity contribution in [3.8, 4) is 17.6 Å². The molecular formula is C27H28FN3O2. The molecule has 1 heterocycles. The first kappa shape index (κ1) is 22.8. The Morgan fingerprint density at radius 1 is 0.848 bits per heavy atom. The summed E-state index contributed by atoms with van der Waals surface area (Å²) in [5, 5.41) is 9.17. The largest absolute Gasteiger partial charge is 0.497 e. The average molecular weight is 446 g/mol. The zero-order valence-corrected chi connectivity index (χ0v) is 19.0. The zero-order valence-electron chi connectivity index (χ0n) is 19.0. The number of rotatable bonds is 7. The standard InChI is InChI=1S/C27H28FN3O2/c1-32-24-10-4-20(5-11-24)18-30-14-3-15-31(19-21-6-12-25(33-2)13-7-21)27(30)22-8-9-23(17-29)26(28)16-22/h4-13,16,27H,3,14-15,18-19H2,1-2H3. The van der Waals surface area contributed by atoms with Gasteiger partial charge in [0, 0.05) is 26.2 Å². The van der Waals surface area contributed by atoms with Crippen molar-refractivity contribution in [2.45, 2.75) is 25.7 Å². The van der Waals surface area contributed by atoms with Crippen LogP contribution in [0.25, 0.3) is 0 Å². The van der Waals surface area contributed by atoms with E-state index in [1.54, 1.807) is 20.3 Å². The van der Waals surface area contributed by atoms with Crippen molar-refractivity contribution in [2.75, 3.05) is 27.3 Å². The van der Waals surface area contributed by atoms with Gasteiger partial charge in [-0.25, -0.2) is 4.39 Å². The molecule has 0 aromatic heterocycles. The van der Waals surface area contributed by atoms with E-state index in [0.717, 1.165) is 49.7 Å². The highest BCUT2D eigenvalue weighted by Crippen LogP contribution is 2.33. The third-order valence-electron chi connectivity index (χ3n) is 6.08. The van der Waals surface area contributed by atoms with Gasteiger partial charge in [-0.05, 0) is 59.5 Å². The maximum absolute atomic E-state index is 14.6. The second-order valence-electron chi connectivity index (χ2n) is 8.22. The fourth-order valence-corrected chi connectivity index (χ4v) is 4.42. The minimum atomic E-state index is -0.477. The van der Waals surface area contributed by atoms with Crippen LogP contribution >= 0.6 is 0 Å². The molecule has 0 unspecified atom stereocenters. The van der Waals surface area contributed by atoms with E-state index in [1.165, 1.54) is 17.2 Å².